The highest BCUT2D eigenvalue weighted by Crippen LogP contribution is 2.28. The number of amides is 2. The van der Waals surface area contributed by atoms with Crippen LogP contribution in [-0.4, -0.2) is 16.8 Å². The fourth-order valence-corrected chi connectivity index (χ4v) is 3.72. The van der Waals surface area contributed by atoms with E-state index in [1.807, 2.05) is 6.92 Å². The Morgan fingerprint density at radius 3 is 2.67 bits per heavy atom. The first-order valence-electron chi connectivity index (χ1n) is 8.40. The maximum absolute atomic E-state index is 12.7. The number of nitrogens with one attached hydrogen (secondary N) is 2. The maximum Gasteiger partial charge on any atom is 0.291 e. The second-order valence-electron chi connectivity index (χ2n) is 5.85. The van der Waals surface area contributed by atoms with Crippen LogP contribution in [0.2, 0.25) is 5.02 Å². The SMILES string of the molecule is CCCc1nc(C)c(C(=O)Nc2ccc(Cl)cc2NC(=O)c2ccco2)s1. The molecule has 27 heavy (non-hydrogen) atoms. The second-order valence-corrected chi connectivity index (χ2v) is 7.37. The van der Waals surface area contributed by atoms with E-state index in [9.17, 15) is 9.59 Å². The van der Waals surface area contributed by atoms with E-state index >= 15 is 0 Å². The quantitative estimate of drug-likeness (QED) is 0.595. The van der Waals surface area contributed by atoms with Crippen molar-refractivity contribution in [2.24, 2.45) is 0 Å². The number of aromatic nitrogens is 1. The van der Waals surface area contributed by atoms with Crippen LogP contribution in [-0.2, 0) is 6.42 Å². The number of rotatable bonds is 6. The van der Waals surface area contributed by atoms with Crippen molar-refractivity contribution in [3.63, 3.8) is 0 Å². The monoisotopic (exact) mass is 403 g/mol. The number of furan rings is 1. The third-order valence-corrected chi connectivity index (χ3v) is 5.19. The van der Waals surface area contributed by atoms with Gasteiger partial charge in [-0.1, -0.05) is 18.5 Å². The third-order valence-electron chi connectivity index (χ3n) is 3.73. The lowest BCUT2D eigenvalue weighted by atomic mass is 10.2. The van der Waals surface area contributed by atoms with Crippen molar-refractivity contribution in [1.29, 1.82) is 0 Å². The van der Waals surface area contributed by atoms with E-state index in [1.165, 1.54) is 17.6 Å². The zero-order valence-electron chi connectivity index (χ0n) is 14.8. The average molecular weight is 404 g/mol. The molecule has 0 spiro atoms. The van der Waals surface area contributed by atoms with Gasteiger partial charge in [0.25, 0.3) is 11.8 Å². The molecule has 140 valence electrons. The number of aryl methyl sites for hydroxylation is 2. The Bertz CT molecular complexity index is 967. The Morgan fingerprint density at radius 2 is 1.96 bits per heavy atom. The summed E-state index contributed by atoms with van der Waals surface area (Å²) in [5.74, 6) is -0.546. The van der Waals surface area contributed by atoms with Gasteiger partial charge in [0.2, 0.25) is 0 Å². The number of hydrogen-bond acceptors (Lipinski definition) is 5. The molecule has 2 heterocycles. The van der Waals surface area contributed by atoms with E-state index in [4.69, 9.17) is 16.0 Å². The fourth-order valence-electron chi connectivity index (χ4n) is 2.48. The smallest absolute Gasteiger partial charge is 0.291 e. The van der Waals surface area contributed by atoms with E-state index in [1.54, 1.807) is 30.3 Å². The molecular formula is C19H18ClN3O3S. The number of thiazole rings is 1. The first-order chi connectivity index (χ1) is 13.0. The van der Waals surface area contributed by atoms with Gasteiger partial charge in [-0.05, 0) is 50.1 Å². The molecule has 3 aromatic rings. The van der Waals surface area contributed by atoms with E-state index in [-0.39, 0.29) is 11.7 Å². The van der Waals surface area contributed by atoms with Gasteiger partial charge in [-0.15, -0.1) is 11.3 Å². The Labute approximate surface area is 165 Å². The zero-order chi connectivity index (χ0) is 19.4. The molecule has 8 heteroatoms. The van der Waals surface area contributed by atoms with Gasteiger partial charge in [-0.2, -0.15) is 0 Å². The molecule has 0 bridgehead atoms. The Balaban J connectivity index is 1.82. The van der Waals surface area contributed by atoms with Gasteiger partial charge in [-0.3, -0.25) is 9.59 Å². The van der Waals surface area contributed by atoms with Crippen LogP contribution in [0.3, 0.4) is 0 Å². The average Bonchev–Trinajstić information content (AvgIpc) is 3.27. The topological polar surface area (TPSA) is 84.2 Å². The van der Waals surface area contributed by atoms with E-state index in [0.29, 0.717) is 27.0 Å². The molecular weight excluding hydrogens is 386 g/mol. The van der Waals surface area contributed by atoms with E-state index in [2.05, 4.69) is 22.5 Å². The number of benzene rings is 1. The summed E-state index contributed by atoms with van der Waals surface area (Å²) >= 11 is 7.43. The molecule has 0 radical (unpaired) electrons. The summed E-state index contributed by atoms with van der Waals surface area (Å²) in [6, 6.07) is 8.02. The summed E-state index contributed by atoms with van der Waals surface area (Å²) in [5, 5.41) is 6.90. The molecule has 0 saturated carbocycles. The minimum atomic E-state index is -0.433. The summed E-state index contributed by atoms with van der Waals surface area (Å²) in [6.45, 7) is 3.88. The second kappa shape index (κ2) is 8.37. The van der Waals surface area contributed by atoms with Gasteiger partial charge < -0.3 is 15.1 Å². The highest BCUT2D eigenvalue weighted by Gasteiger charge is 2.18. The largest absolute Gasteiger partial charge is 0.459 e. The van der Waals surface area contributed by atoms with Crippen molar-refractivity contribution < 1.29 is 14.0 Å². The molecule has 0 saturated heterocycles. The summed E-state index contributed by atoms with van der Waals surface area (Å²) in [4.78, 5) is 29.9. The van der Waals surface area contributed by atoms with Crippen molar-refractivity contribution in [3.05, 3.63) is 63.0 Å². The van der Waals surface area contributed by atoms with Crippen LogP contribution < -0.4 is 10.6 Å². The van der Waals surface area contributed by atoms with Crippen molar-refractivity contribution in [2.75, 3.05) is 10.6 Å². The molecule has 1 aromatic carbocycles. The molecule has 0 aliphatic heterocycles. The predicted octanol–water partition coefficient (Wildman–Crippen LogP) is 5.16. The summed E-state index contributed by atoms with van der Waals surface area (Å²) in [6.07, 6.45) is 3.22. The first-order valence-corrected chi connectivity index (χ1v) is 9.59. The van der Waals surface area contributed by atoms with Gasteiger partial charge in [0, 0.05) is 5.02 Å². The summed E-state index contributed by atoms with van der Waals surface area (Å²) in [7, 11) is 0. The lowest BCUT2D eigenvalue weighted by Gasteiger charge is -2.12. The molecule has 0 aliphatic carbocycles. The molecule has 0 fully saturated rings. The molecule has 0 aliphatic rings. The highest BCUT2D eigenvalue weighted by molar-refractivity contribution is 7.13. The lowest BCUT2D eigenvalue weighted by molar-refractivity contribution is 0.0993. The van der Waals surface area contributed by atoms with Crippen LogP contribution in [0.15, 0.2) is 41.0 Å². The number of halogens is 1. The summed E-state index contributed by atoms with van der Waals surface area (Å²) in [5.41, 5.74) is 1.51. The zero-order valence-corrected chi connectivity index (χ0v) is 16.4. The predicted molar refractivity (Wildman–Crippen MR) is 107 cm³/mol. The number of nitrogens with zero attached hydrogens (tertiary/aromatic N) is 1. The molecule has 6 nitrogen and oxygen atoms in total. The normalized spacial score (nSPS) is 10.6. The summed E-state index contributed by atoms with van der Waals surface area (Å²) < 4.78 is 5.09. The van der Waals surface area contributed by atoms with Crippen LogP contribution in [0.5, 0.6) is 0 Å². The van der Waals surface area contributed by atoms with Crippen LogP contribution >= 0.6 is 22.9 Å². The third kappa shape index (κ3) is 4.56. The molecule has 3 rings (SSSR count). The number of carbonyl (C=O) groups is 2. The van der Waals surface area contributed by atoms with Crippen LogP contribution in [0.1, 0.15) is 44.3 Å². The Kier molecular flexibility index (Phi) is 5.93. The van der Waals surface area contributed by atoms with Crippen molar-refractivity contribution >= 4 is 46.1 Å². The molecule has 2 amide bonds. The van der Waals surface area contributed by atoms with Gasteiger partial charge >= 0.3 is 0 Å². The van der Waals surface area contributed by atoms with Crippen LogP contribution in [0.4, 0.5) is 11.4 Å². The number of anilines is 2. The molecule has 0 atom stereocenters. The van der Waals surface area contributed by atoms with Gasteiger partial charge in [0.1, 0.15) is 4.88 Å². The van der Waals surface area contributed by atoms with Crippen molar-refractivity contribution in [1.82, 2.24) is 4.98 Å². The number of hydrogen-bond donors (Lipinski definition) is 2. The van der Waals surface area contributed by atoms with Crippen LogP contribution in [0.25, 0.3) is 0 Å². The Morgan fingerprint density at radius 1 is 1.19 bits per heavy atom. The fraction of sp³-hybridized carbons (Fsp3) is 0.211. The lowest BCUT2D eigenvalue weighted by Crippen LogP contribution is -2.16. The van der Waals surface area contributed by atoms with E-state index in [0.717, 1.165) is 17.8 Å². The standard InChI is InChI=1S/C19H18ClN3O3S/c1-3-5-16-21-11(2)17(27-16)19(25)22-13-8-7-12(20)10-14(13)23-18(24)15-6-4-9-26-15/h4,6-10H,3,5H2,1-2H3,(H,22,25)(H,23,24). The highest BCUT2D eigenvalue weighted by atomic mass is 35.5. The van der Waals surface area contributed by atoms with Gasteiger partial charge in [0.05, 0.1) is 28.3 Å². The molecule has 0 unspecified atom stereocenters. The van der Waals surface area contributed by atoms with Crippen molar-refractivity contribution in [2.45, 2.75) is 26.7 Å². The van der Waals surface area contributed by atoms with Gasteiger partial charge in [0.15, 0.2) is 5.76 Å². The minimum Gasteiger partial charge on any atom is -0.459 e. The first kappa shape index (κ1) is 19.1. The van der Waals surface area contributed by atoms with Crippen molar-refractivity contribution in [3.8, 4) is 0 Å². The number of carbonyl (C=O) groups excluding carboxylic acids is 2. The molecule has 2 N–H and O–H groups in total. The van der Waals surface area contributed by atoms with Gasteiger partial charge in [-0.25, -0.2) is 4.98 Å². The minimum absolute atomic E-state index is 0.162. The van der Waals surface area contributed by atoms with Crippen LogP contribution in [0, 0.1) is 6.92 Å². The molecule has 2 aromatic heterocycles. The van der Waals surface area contributed by atoms with E-state index < -0.39 is 5.91 Å². The Hall–Kier alpha value is -2.64. The maximum atomic E-state index is 12.7.